The Hall–Kier alpha value is -5.28. The molecule has 0 radical (unpaired) electrons. The summed E-state index contributed by atoms with van der Waals surface area (Å²) in [4.78, 5) is 39.3. The first-order valence-electron chi connectivity index (χ1n) is 14.4. The van der Waals surface area contributed by atoms with Gasteiger partial charge < -0.3 is 18.9 Å². The van der Waals surface area contributed by atoms with E-state index in [2.05, 4.69) is 5.32 Å². The molecule has 0 bridgehead atoms. The van der Waals surface area contributed by atoms with Gasteiger partial charge in [-0.05, 0) is 73.0 Å². The number of carbonyl (C=O) groups is 3. The van der Waals surface area contributed by atoms with E-state index < -0.39 is 17.8 Å². The van der Waals surface area contributed by atoms with E-state index >= 15 is 0 Å². The zero-order valence-electron chi connectivity index (χ0n) is 24.7. The highest BCUT2D eigenvalue weighted by molar-refractivity contribution is 6.39. The number of nitrogens with zero attached hydrogens (tertiary/aromatic N) is 1. The van der Waals surface area contributed by atoms with Crippen molar-refractivity contribution in [3.63, 3.8) is 0 Å². The first-order valence-corrected chi connectivity index (χ1v) is 14.7. The van der Waals surface area contributed by atoms with Crippen LogP contribution in [0.25, 0.3) is 6.08 Å². The molecular formula is C35H31ClN2O7. The monoisotopic (exact) mass is 626 g/mol. The summed E-state index contributed by atoms with van der Waals surface area (Å²) in [6.45, 7) is 5.03. The minimum atomic E-state index is -0.826. The van der Waals surface area contributed by atoms with Gasteiger partial charge in [0.2, 0.25) is 0 Å². The molecule has 4 amide bonds. The molecule has 0 unspecified atom stereocenters. The van der Waals surface area contributed by atoms with Crippen molar-refractivity contribution in [3.8, 4) is 23.0 Å². The summed E-state index contributed by atoms with van der Waals surface area (Å²) >= 11 is 6.65. The Morgan fingerprint density at radius 1 is 0.711 bits per heavy atom. The molecule has 1 N–H and O–H groups in total. The molecule has 1 heterocycles. The SMILES string of the molecule is CCOc1cc(COc2c(Cl)cc(/C=C3/C(=O)NC(=O)N(c4ccccc4)C3=O)cc2OCC)ccc1OCc1ccccc1. The maximum absolute atomic E-state index is 13.3. The lowest BCUT2D eigenvalue weighted by Gasteiger charge is -2.26. The van der Waals surface area contributed by atoms with Crippen molar-refractivity contribution in [1.82, 2.24) is 5.32 Å². The Morgan fingerprint density at radius 3 is 2.09 bits per heavy atom. The smallest absolute Gasteiger partial charge is 0.335 e. The van der Waals surface area contributed by atoms with E-state index in [1.165, 1.54) is 6.08 Å². The van der Waals surface area contributed by atoms with Gasteiger partial charge in [0, 0.05) is 0 Å². The van der Waals surface area contributed by atoms with Gasteiger partial charge in [0.25, 0.3) is 11.8 Å². The van der Waals surface area contributed by atoms with Crippen LogP contribution < -0.4 is 29.2 Å². The van der Waals surface area contributed by atoms with E-state index in [9.17, 15) is 14.4 Å². The molecule has 0 spiro atoms. The zero-order chi connectivity index (χ0) is 31.8. The fraction of sp³-hybridized carbons (Fsp3) is 0.171. The summed E-state index contributed by atoms with van der Waals surface area (Å²) in [5.41, 5.74) is 2.36. The predicted molar refractivity (Wildman–Crippen MR) is 171 cm³/mol. The Labute approximate surface area is 265 Å². The summed E-state index contributed by atoms with van der Waals surface area (Å²) in [5.74, 6) is 0.251. The number of anilines is 1. The van der Waals surface area contributed by atoms with Gasteiger partial charge in [-0.15, -0.1) is 0 Å². The fourth-order valence-electron chi connectivity index (χ4n) is 4.63. The Balaban J connectivity index is 1.36. The van der Waals surface area contributed by atoms with Crippen LogP contribution in [0, 0.1) is 0 Å². The van der Waals surface area contributed by atoms with Crippen molar-refractivity contribution in [1.29, 1.82) is 0 Å². The van der Waals surface area contributed by atoms with Crippen molar-refractivity contribution >= 4 is 41.2 Å². The van der Waals surface area contributed by atoms with Crippen LogP contribution in [0.15, 0.2) is 96.6 Å². The van der Waals surface area contributed by atoms with Gasteiger partial charge >= 0.3 is 6.03 Å². The third-order valence-corrected chi connectivity index (χ3v) is 6.97. The lowest BCUT2D eigenvalue weighted by molar-refractivity contribution is -0.122. The first-order chi connectivity index (χ1) is 21.9. The summed E-state index contributed by atoms with van der Waals surface area (Å²) in [6.07, 6.45) is 1.36. The maximum Gasteiger partial charge on any atom is 0.335 e. The van der Waals surface area contributed by atoms with Gasteiger partial charge in [0.15, 0.2) is 23.0 Å². The molecule has 4 aromatic rings. The molecule has 45 heavy (non-hydrogen) atoms. The van der Waals surface area contributed by atoms with E-state index in [0.29, 0.717) is 54.1 Å². The summed E-state index contributed by atoms with van der Waals surface area (Å²) in [6, 6.07) is 26.1. The number of imide groups is 2. The lowest BCUT2D eigenvalue weighted by Crippen LogP contribution is -2.54. The average Bonchev–Trinajstić information content (AvgIpc) is 3.03. The first kappa shape index (κ1) is 31.2. The molecule has 4 aromatic carbocycles. The van der Waals surface area contributed by atoms with Crippen LogP contribution in [-0.4, -0.2) is 31.1 Å². The fourth-order valence-corrected chi connectivity index (χ4v) is 4.90. The Morgan fingerprint density at radius 2 is 1.38 bits per heavy atom. The number of hydrogen-bond donors (Lipinski definition) is 1. The summed E-state index contributed by atoms with van der Waals surface area (Å²) < 4.78 is 23.8. The van der Waals surface area contributed by atoms with Crippen molar-refractivity contribution in [2.45, 2.75) is 27.1 Å². The van der Waals surface area contributed by atoms with Crippen LogP contribution >= 0.6 is 11.6 Å². The molecule has 0 atom stereocenters. The average molecular weight is 627 g/mol. The summed E-state index contributed by atoms with van der Waals surface area (Å²) in [5, 5.41) is 2.43. The number of carbonyl (C=O) groups excluding carboxylic acids is 3. The number of nitrogens with one attached hydrogen (secondary N) is 1. The van der Waals surface area contributed by atoms with Crippen molar-refractivity contribution in [2.75, 3.05) is 18.1 Å². The number of halogens is 1. The third kappa shape index (κ3) is 7.45. The number of ether oxygens (including phenoxy) is 4. The van der Waals surface area contributed by atoms with Crippen LogP contribution in [0.3, 0.4) is 0 Å². The van der Waals surface area contributed by atoms with Gasteiger partial charge in [-0.2, -0.15) is 0 Å². The third-order valence-electron chi connectivity index (χ3n) is 6.69. The molecule has 5 rings (SSSR count). The van der Waals surface area contributed by atoms with Gasteiger partial charge in [-0.1, -0.05) is 66.2 Å². The van der Waals surface area contributed by atoms with Gasteiger partial charge in [0.05, 0.1) is 23.9 Å². The second-order valence-electron chi connectivity index (χ2n) is 9.83. The molecule has 230 valence electrons. The molecule has 0 aliphatic carbocycles. The van der Waals surface area contributed by atoms with E-state index in [1.54, 1.807) is 42.5 Å². The van der Waals surface area contributed by atoms with Crippen LogP contribution in [0.4, 0.5) is 10.5 Å². The highest BCUT2D eigenvalue weighted by Gasteiger charge is 2.36. The van der Waals surface area contributed by atoms with E-state index in [1.807, 2.05) is 62.4 Å². The lowest BCUT2D eigenvalue weighted by atomic mass is 10.1. The molecule has 9 nitrogen and oxygen atoms in total. The minimum absolute atomic E-state index is 0.147. The number of benzene rings is 4. The number of barbiturate groups is 1. The number of hydrogen-bond acceptors (Lipinski definition) is 7. The van der Waals surface area contributed by atoms with Crippen molar-refractivity contribution in [3.05, 3.63) is 118 Å². The molecular weight excluding hydrogens is 596 g/mol. The number of rotatable bonds is 12. The Bertz CT molecular complexity index is 1730. The minimum Gasteiger partial charge on any atom is -0.490 e. The molecule has 1 aliphatic heterocycles. The molecule has 0 saturated carbocycles. The Kier molecular flexibility index (Phi) is 10.0. The second kappa shape index (κ2) is 14.5. The van der Waals surface area contributed by atoms with E-state index in [4.69, 9.17) is 30.5 Å². The molecule has 1 saturated heterocycles. The molecule has 1 fully saturated rings. The van der Waals surface area contributed by atoms with E-state index in [-0.39, 0.29) is 17.2 Å². The topological polar surface area (TPSA) is 103 Å². The quantitative estimate of drug-likeness (QED) is 0.134. The normalized spacial score (nSPS) is 13.9. The zero-order valence-corrected chi connectivity index (χ0v) is 25.5. The standard InChI is InChI=1S/C35H31ClN2O7/c1-3-42-30-19-24(15-16-29(30)44-21-23-11-7-5-8-12-23)22-45-32-28(36)18-25(20-31(32)43-4-2)17-27-33(39)37-35(41)38(34(27)40)26-13-9-6-10-14-26/h5-20H,3-4,21-22H2,1-2H3,(H,37,39,41)/b27-17-. The van der Waals surface area contributed by atoms with Gasteiger partial charge in [-0.3, -0.25) is 14.9 Å². The largest absolute Gasteiger partial charge is 0.490 e. The van der Waals surface area contributed by atoms with E-state index in [0.717, 1.165) is 16.0 Å². The molecule has 1 aliphatic rings. The van der Waals surface area contributed by atoms with Crippen molar-refractivity contribution in [2.24, 2.45) is 0 Å². The molecule has 0 aromatic heterocycles. The number of amides is 4. The second-order valence-corrected chi connectivity index (χ2v) is 10.2. The van der Waals surface area contributed by atoms with Crippen LogP contribution in [-0.2, 0) is 22.8 Å². The number of urea groups is 1. The maximum atomic E-state index is 13.3. The van der Waals surface area contributed by atoms with Crippen LogP contribution in [0.5, 0.6) is 23.0 Å². The van der Waals surface area contributed by atoms with Crippen LogP contribution in [0.1, 0.15) is 30.5 Å². The van der Waals surface area contributed by atoms with Crippen LogP contribution in [0.2, 0.25) is 5.02 Å². The van der Waals surface area contributed by atoms with Gasteiger partial charge in [0.1, 0.15) is 18.8 Å². The van der Waals surface area contributed by atoms with Crippen molar-refractivity contribution < 1.29 is 33.3 Å². The van der Waals surface area contributed by atoms with Gasteiger partial charge in [-0.25, -0.2) is 9.69 Å². The predicted octanol–water partition coefficient (Wildman–Crippen LogP) is 6.96. The highest BCUT2D eigenvalue weighted by atomic mass is 35.5. The number of para-hydroxylation sites is 1. The highest BCUT2D eigenvalue weighted by Crippen LogP contribution is 2.39. The summed E-state index contributed by atoms with van der Waals surface area (Å²) in [7, 11) is 0. The molecule has 10 heteroatoms.